The average molecular weight is 872 g/mol. The number of aliphatic hydroxyl groups is 1. The molecule has 9 atom stereocenters. The maximum absolute atomic E-state index is 13.2. The zero-order chi connectivity index (χ0) is 41.7. The summed E-state index contributed by atoms with van der Waals surface area (Å²) in [5, 5.41) is 22.4. The topological polar surface area (TPSA) is 264 Å². The van der Waals surface area contributed by atoms with Gasteiger partial charge in [0.1, 0.15) is 36.8 Å². The van der Waals surface area contributed by atoms with Crippen molar-refractivity contribution in [2.45, 2.75) is 109 Å². The Balaban J connectivity index is 1.52. The number of amides is 1. The number of nitrogens with zero attached hydrogens (tertiary/aromatic N) is 6. The van der Waals surface area contributed by atoms with Gasteiger partial charge in [0.05, 0.1) is 38.6 Å². The summed E-state index contributed by atoms with van der Waals surface area (Å²) in [6.07, 6.45) is -0.907. The number of aromatic nitrogens is 6. The molecule has 1 saturated heterocycles. The fraction of sp³-hybridized carbons (Fsp3) is 0.667. The maximum atomic E-state index is 13.2. The van der Waals surface area contributed by atoms with E-state index in [1.54, 1.807) is 19.9 Å². The third-order valence-corrected chi connectivity index (χ3v) is 17.3. The van der Waals surface area contributed by atoms with Gasteiger partial charge in [-0.3, -0.25) is 29.0 Å². The highest BCUT2D eigenvalue weighted by Crippen LogP contribution is 2.56. The molecule has 57 heavy (non-hydrogen) atoms. The van der Waals surface area contributed by atoms with E-state index in [0.717, 1.165) is 0 Å². The number of fused-ring (bicyclic) bond motifs is 1. The highest BCUT2D eigenvalue weighted by Gasteiger charge is 2.54. The molecule has 2 fully saturated rings. The molecule has 312 valence electrons. The van der Waals surface area contributed by atoms with Crippen LogP contribution in [-0.4, -0.2) is 104 Å². The Morgan fingerprint density at radius 1 is 1.26 bits per heavy atom. The van der Waals surface area contributed by atoms with Crippen LogP contribution in [0.3, 0.4) is 0 Å². The Hall–Kier alpha value is -3.16. The number of ether oxygens (including phenoxy) is 2. The molecule has 3 aromatic heterocycles. The zero-order valence-corrected chi connectivity index (χ0v) is 36.2. The van der Waals surface area contributed by atoms with Crippen molar-refractivity contribution in [1.29, 1.82) is 5.26 Å². The molecule has 1 aliphatic heterocycles. The lowest BCUT2D eigenvalue weighted by atomic mass is 10.1. The molecule has 1 saturated carbocycles. The predicted octanol–water partition coefficient (Wildman–Crippen LogP) is 4.23. The third kappa shape index (κ3) is 11.1. The Morgan fingerprint density at radius 2 is 2.02 bits per heavy atom. The van der Waals surface area contributed by atoms with Crippen molar-refractivity contribution >= 4 is 58.1 Å². The largest absolute Gasteiger partial charge is 0.695 e. The second-order valence-corrected chi connectivity index (χ2v) is 23.8. The average Bonchev–Trinajstić information content (AvgIpc) is 3.82. The monoisotopic (exact) mass is 871 g/mol. The number of imidazole rings is 1. The molecule has 0 bridgehead atoms. The molecule has 1 aliphatic carbocycles. The molecule has 4 heterocycles. The number of nitriles is 1. The van der Waals surface area contributed by atoms with Gasteiger partial charge in [-0.15, -0.1) is 9.42 Å². The Kier molecular flexibility index (Phi) is 14.8. The second kappa shape index (κ2) is 18.8. The normalized spacial score (nSPS) is 25.4. The maximum Gasteiger partial charge on any atom is 0.695 e. The molecule has 24 heteroatoms. The Morgan fingerprint density at radius 3 is 2.65 bits per heavy atom. The van der Waals surface area contributed by atoms with Crippen molar-refractivity contribution in [3.63, 3.8) is 0 Å². The Labute approximate surface area is 336 Å². The van der Waals surface area contributed by atoms with Crippen molar-refractivity contribution in [3.8, 4) is 11.9 Å². The van der Waals surface area contributed by atoms with Crippen LogP contribution in [0.4, 0.5) is 5.95 Å². The summed E-state index contributed by atoms with van der Waals surface area (Å²) in [4.78, 5) is 54.7. The number of hydrogen-bond donors (Lipinski definition) is 4. The highest BCUT2D eigenvalue weighted by molar-refractivity contribution is 8.07. The second-order valence-electron chi connectivity index (χ2n) is 15.4. The third-order valence-electron chi connectivity index (χ3n) is 9.99. The van der Waals surface area contributed by atoms with Gasteiger partial charge < -0.3 is 28.1 Å². The lowest BCUT2D eigenvalue weighted by Gasteiger charge is -2.41. The van der Waals surface area contributed by atoms with Gasteiger partial charge in [-0.2, -0.15) is 10.2 Å². The van der Waals surface area contributed by atoms with E-state index in [2.05, 4.69) is 30.2 Å². The van der Waals surface area contributed by atoms with Crippen LogP contribution in [0.25, 0.3) is 11.2 Å². The smallest absolute Gasteiger partial charge is 0.474 e. The lowest BCUT2D eigenvalue weighted by Crippen LogP contribution is -2.50. The van der Waals surface area contributed by atoms with Gasteiger partial charge in [0, 0.05) is 35.1 Å². The Bertz CT molecular complexity index is 2030. The van der Waals surface area contributed by atoms with Gasteiger partial charge in [-0.05, 0) is 36.4 Å². The van der Waals surface area contributed by atoms with Gasteiger partial charge in [-0.25, -0.2) is 15.0 Å². The van der Waals surface area contributed by atoms with E-state index in [1.165, 1.54) is 23.4 Å². The number of aliphatic hydroxyl groups excluding tert-OH is 1. The van der Waals surface area contributed by atoms with Gasteiger partial charge >= 0.3 is 15.0 Å². The number of carbonyl (C=O) groups excluding carboxylic acids is 1. The summed E-state index contributed by atoms with van der Waals surface area (Å²) in [6.45, 7) is 8.81. The van der Waals surface area contributed by atoms with Crippen molar-refractivity contribution in [3.05, 3.63) is 35.3 Å². The fourth-order valence-electron chi connectivity index (χ4n) is 5.99. The number of anilines is 1. The molecule has 1 amide bonds. The summed E-state index contributed by atoms with van der Waals surface area (Å²) in [5.41, 5.74) is -0.669. The molecule has 2 aliphatic rings. The van der Waals surface area contributed by atoms with Crippen molar-refractivity contribution < 1.29 is 51.4 Å². The fourth-order valence-corrected chi connectivity index (χ4v) is 9.91. The van der Waals surface area contributed by atoms with Crippen LogP contribution in [0.15, 0.2) is 29.7 Å². The minimum Gasteiger partial charge on any atom is -0.474 e. The molecule has 0 radical (unpaired) electrons. The van der Waals surface area contributed by atoms with Crippen LogP contribution >= 0.6 is 15.0 Å². The van der Waals surface area contributed by atoms with E-state index in [-0.39, 0.29) is 54.1 Å². The van der Waals surface area contributed by atoms with E-state index >= 15 is 0 Å². The van der Waals surface area contributed by atoms with Gasteiger partial charge in [0.15, 0.2) is 25.7 Å². The van der Waals surface area contributed by atoms with Gasteiger partial charge in [-0.1, -0.05) is 34.6 Å². The minimum atomic E-state index is -3.90. The van der Waals surface area contributed by atoms with Crippen molar-refractivity contribution in [1.82, 2.24) is 29.5 Å². The van der Waals surface area contributed by atoms with Crippen LogP contribution < -0.4 is 15.6 Å². The first kappa shape index (κ1) is 44.9. The highest BCUT2D eigenvalue weighted by atomic mass is 32.5. The first-order chi connectivity index (χ1) is 26.8. The molecule has 0 aromatic carbocycles. The van der Waals surface area contributed by atoms with E-state index < -0.39 is 84.0 Å². The van der Waals surface area contributed by atoms with E-state index in [0.29, 0.717) is 12.3 Å². The summed E-state index contributed by atoms with van der Waals surface area (Å²) in [6, 6.07) is 3.60. The summed E-state index contributed by atoms with van der Waals surface area (Å²) >= 11 is 6.02. The molecular formula is C33H49N8O12P2SSi+. The van der Waals surface area contributed by atoms with E-state index in [1.807, 2.05) is 39.9 Å². The minimum absolute atomic E-state index is 0.0273. The molecule has 3 unspecified atom stereocenters. The van der Waals surface area contributed by atoms with Crippen LogP contribution in [0.2, 0.25) is 18.1 Å². The number of nitrogens with one attached hydrogen (secondary N) is 2. The zero-order valence-electron chi connectivity index (χ0n) is 32.6. The van der Waals surface area contributed by atoms with E-state index in [4.69, 9.17) is 43.8 Å². The molecule has 4 N–H and O–H groups in total. The first-order valence-corrected chi connectivity index (χ1v) is 24.9. The van der Waals surface area contributed by atoms with Crippen LogP contribution in [0, 0.1) is 23.2 Å². The first-order valence-electron chi connectivity index (χ1n) is 18.3. The quantitative estimate of drug-likeness (QED) is 0.0791. The molecule has 3 aromatic rings. The summed E-state index contributed by atoms with van der Waals surface area (Å²) in [5.74, 6) is -1.13. The molecule has 0 spiro atoms. The SMILES string of the molecule is CC(C)C(=O)Nc1nc2c(ncn2[C@@H]2O[C@H](CO)C(O[Si](C)(C)C(C)(C)C)[C@H]2OP(=S)(OCCC#N)OC[C@H]2C[C@@H](Oc3ccncn3)C[C@@H]2O[P+](=O)O)c(=O)[nH]1. The van der Waals surface area contributed by atoms with Gasteiger partial charge in [0.2, 0.25) is 17.7 Å². The number of H-pyrrole nitrogens is 1. The number of rotatable bonds is 18. The predicted molar refractivity (Wildman–Crippen MR) is 210 cm³/mol. The van der Waals surface area contributed by atoms with Crippen LogP contribution in [0.1, 0.15) is 60.1 Å². The number of hydrogen-bond acceptors (Lipinski definition) is 17. The van der Waals surface area contributed by atoms with Crippen molar-refractivity contribution in [2.24, 2.45) is 11.8 Å². The molecule has 5 rings (SSSR count). The van der Waals surface area contributed by atoms with Crippen molar-refractivity contribution in [2.75, 3.05) is 25.1 Å². The summed E-state index contributed by atoms with van der Waals surface area (Å²) < 4.78 is 57.0. The standard InChI is InChI=1S/C33H48N8O12P2SSi/c1-19(2)29(43)39-32-38-28-25(30(44)40-32)37-18-41(28)31-27(26(23(15-42)50-31)53-57(6,7)33(3,4)5)52-55(56,47-12-8-10-34)48-16-20-13-21(14-22(20)51-54(45)46)49-24-9-11-35-17-36-24/h9,11,17-23,26-27,31,42H,8,12-16H2,1-7H3,(H2-,38,39,40,43,44,45,46)/p+1/t20-,21-,22+,23-,26?,27-,31-,55?/m1/s1. The lowest BCUT2D eigenvalue weighted by molar-refractivity contribution is -0.118. The number of carbonyl (C=O) groups is 1. The van der Waals surface area contributed by atoms with Gasteiger partial charge in [0.25, 0.3) is 5.56 Å². The van der Waals surface area contributed by atoms with Crippen LogP contribution in [0.5, 0.6) is 5.88 Å². The van der Waals surface area contributed by atoms with E-state index in [9.17, 15) is 29.4 Å². The van der Waals surface area contributed by atoms with Crippen LogP contribution in [-0.2, 0) is 48.4 Å². The molecule has 20 nitrogen and oxygen atoms in total. The number of aromatic amines is 1. The molecular weight excluding hydrogens is 823 g/mol. The summed E-state index contributed by atoms with van der Waals surface area (Å²) in [7, 11) is -5.63.